The Balaban J connectivity index is 1.15. The molecule has 0 bridgehead atoms. The van der Waals surface area contributed by atoms with Crippen LogP contribution in [0.5, 0.6) is 0 Å². The van der Waals surface area contributed by atoms with Crippen LogP contribution in [0.1, 0.15) is 47.2 Å². The zero-order valence-electron chi connectivity index (χ0n) is 22.2. The molecule has 12 nitrogen and oxygen atoms in total. The Morgan fingerprint density at radius 3 is 2.05 bits per heavy atom. The Morgan fingerprint density at radius 2 is 1.46 bits per heavy atom. The molecule has 2 heterocycles. The van der Waals surface area contributed by atoms with E-state index in [0.717, 1.165) is 24.0 Å². The summed E-state index contributed by atoms with van der Waals surface area (Å²) in [5.41, 5.74) is 2.64. The molecular formula is C27H38N2O10. The molecule has 1 atom stereocenters. The van der Waals surface area contributed by atoms with Gasteiger partial charge in [0.25, 0.3) is 5.91 Å². The van der Waals surface area contributed by atoms with Crippen molar-refractivity contribution >= 4 is 23.7 Å². The first kappa shape index (κ1) is 30.6. The zero-order chi connectivity index (χ0) is 27.9. The number of hydrogen-bond acceptors (Lipinski definition) is 9. The summed E-state index contributed by atoms with van der Waals surface area (Å²) in [6.07, 6.45) is 2.23. The Morgan fingerprint density at radius 1 is 0.872 bits per heavy atom. The Hall–Kier alpha value is -2.90. The van der Waals surface area contributed by atoms with Crippen molar-refractivity contribution in [3.8, 4) is 0 Å². The number of fused-ring (bicyclic) bond motifs is 1. The van der Waals surface area contributed by atoms with Crippen LogP contribution in [0.25, 0.3) is 0 Å². The largest absolute Gasteiger partial charge is 0.481 e. The third-order valence-corrected chi connectivity index (χ3v) is 6.29. The van der Waals surface area contributed by atoms with Gasteiger partial charge in [0.05, 0.1) is 65.9 Å². The Bertz CT molecular complexity index is 970. The van der Waals surface area contributed by atoms with Crippen molar-refractivity contribution in [2.24, 2.45) is 0 Å². The van der Waals surface area contributed by atoms with Crippen molar-refractivity contribution in [1.82, 2.24) is 10.2 Å². The number of aliphatic carboxylic acids is 1. The lowest BCUT2D eigenvalue weighted by Gasteiger charge is -2.29. The predicted octanol–water partition coefficient (Wildman–Crippen LogP) is 0.938. The summed E-state index contributed by atoms with van der Waals surface area (Å²) in [6.45, 7) is 4.68. The van der Waals surface area contributed by atoms with E-state index in [1.165, 1.54) is 0 Å². The van der Waals surface area contributed by atoms with Crippen LogP contribution in [-0.4, -0.2) is 106 Å². The molecular weight excluding hydrogens is 512 g/mol. The molecule has 0 spiro atoms. The summed E-state index contributed by atoms with van der Waals surface area (Å²) in [6, 6.07) is 5.18. The van der Waals surface area contributed by atoms with Crippen LogP contribution in [0.3, 0.4) is 0 Å². The minimum absolute atomic E-state index is 0.0105. The molecule has 2 aliphatic rings. The van der Waals surface area contributed by atoms with E-state index in [4.69, 9.17) is 28.8 Å². The number of nitrogens with zero attached hydrogens (tertiary/aromatic N) is 1. The quantitative estimate of drug-likeness (QED) is 0.177. The molecule has 3 amide bonds. The van der Waals surface area contributed by atoms with Crippen molar-refractivity contribution < 1.29 is 48.0 Å². The number of carboxylic acids is 1. The van der Waals surface area contributed by atoms with Crippen molar-refractivity contribution in [3.05, 3.63) is 34.9 Å². The first-order valence-corrected chi connectivity index (χ1v) is 13.3. The van der Waals surface area contributed by atoms with Crippen molar-refractivity contribution in [1.29, 1.82) is 0 Å². The molecule has 1 saturated heterocycles. The summed E-state index contributed by atoms with van der Waals surface area (Å²) >= 11 is 0. The fraction of sp³-hybridized carbons (Fsp3) is 0.630. The number of rotatable bonds is 20. The zero-order valence-corrected chi connectivity index (χ0v) is 22.2. The second-order valence-corrected chi connectivity index (χ2v) is 9.20. The van der Waals surface area contributed by atoms with Gasteiger partial charge < -0.3 is 33.7 Å². The average molecular weight is 551 g/mol. The van der Waals surface area contributed by atoms with E-state index in [-0.39, 0.29) is 31.3 Å². The lowest BCUT2D eigenvalue weighted by molar-refractivity contribution is -0.139. The number of carbonyl (C=O) groups is 4. The summed E-state index contributed by atoms with van der Waals surface area (Å²) in [7, 11) is 0. The van der Waals surface area contributed by atoms with Gasteiger partial charge in [-0.1, -0.05) is 12.1 Å². The molecule has 1 fully saturated rings. The minimum Gasteiger partial charge on any atom is -0.481 e. The third-order valence-electron chi connectivity index (χ3n) is 6.29. The van der Waals surface area contributed by atoms with Gasteiger partial charge in [-0.05, 0) is 36.5 Å². The van der Waals surface area contributed by atoms with Gasteiger partial charge >= 0.3 is 5.97 Å². The van der Waals surface area contributed by atoms with E-state index in [1.807, 2.05) is 18.2 Å². The number of imide groups is 1. The molecule has 2 aliphatic heterocycles. The van der Waals surface area contributed by atoms with Crippen LogP contribution in [-0.2, 0) is 51.0 Å². The highest BCUT2D eigenvalue weighted by Crippen LogP contribution is 2.28. The van der Waals surface area contributed by atoms with Crippen molar-refractivity contribution in [2.75, 3.05) is 66.1 Å². The highest BCUT2D eigenvalue weighted by Gasteiger charge is 2.38. The lowest BCUT2D eigenvalue weighted by Crippen LogP contribution is -2.52. The average Bonchev–Trinajstić information content (AvgIpc) is 3.23. The van der Waals surface area contributed by atoms with Gasteiger partial charge in [-0.3, -0.25) is 24.5 Å². The van der Waals surface area contributed by atoms with Gasteiger partial charge in [-0.25, -0.2) is 0 Å². The minimum atomic E-state index is -0.881. The number of carbonyl (C=O) groups excluding carboxylic acids is 3. The van der Waals surface area contributed by atoms with Crippen LogP contribution < -0.4 is 5.32 Å². The second kappa shape index (κ2) is 16.9. The molecule has 1 aromatic carbocycles. The van der Waals surface area contributed by atoms with E-state index < -0.39 is 17.9 Å². The number of ether oxygens (including phenoxy) is 5. The number of amides is 3. The maximum atomic E-state index is 12.8. The Kier molecular flexibility index (Phi) is 13.3. The summed E-state index contributed by atoms with van der Waals surface area (Å²) in [5, 5.41) is 10.8. The smallest absolute Gasteiger partial charge is 0.305 e. The van der Waals surface area contributed by atoms with Gasteiger partial charge in [0.1, 0.15) is 6.04 Å². The number of nitrogens with one attached hydrogen (secondary N) is 1. The molecule has 39 heavy (non-hydrogen) atoms. The van der Waals surface area contributed by atoms with Crippen LogP contribution in [0.4, 0.5) is 0 Å². The first-order chi connectivity index (χ1) is 19.0. The normalized spacial score (nSPS) is 17.0. The van der Waals surface area contributed by atoms with E-state index in [9.17, 15) is 19.2 Å². The maximum absolute atomic E-state index is 12.8. The number of carboxylic acid groups (broad SMARTS) is 1. The predicted molar refractivity (Wildman–Crippen MR) is 137 cm³/mol. The van der Waals surface area contributed by atoms with Crippen LogP contribution in [0.2, 0.25) is 0 Å². The SMILES string of the molecule is O=C(O)CCOCCOCCOCCOCCOCCCc1ccc2c(c1)CN(C1CCC(=O)NC1=O)C2=O. The van der Waals surface area contributed by atoms with E-state index >= 15 is 0 Å². The lowest BCUT2D eigenvalue weighted by atomic mass is 10.0. The molecule has 2 N–H and O–H groups in total. The molecule has 1 aromatic rings. The van der Waals surface area contributed by atoms with E-state index in [1.54, 1.807) is 4.90 Å². The second-order valence-electron chi connectivity index (χ2n) is 9.20. The Labute approximate surface area is 227 Å². The molecule has 0 saturated carbocycles. The van der Waals surface area contributed by atoms with Gasteiger partial charge in [0, 0.05) is 25.1 Å². The standard InChI is InChI=1S/C27H38N2O10/c30-24-6-5-23(26(33)28-24)29-19-21-18-20(3-4-22(21)27(29)34)2-1-8-35-10-12-37-14-16-39-17-15-38-13-11-36-9-7-25(31)32/h3-4,18,23H,1-2,5-17,19H2,(H,31,32)(H,28,30,33). The number of aryl methyl sites for hydroxylation is 1. The molecule has 0 aromatic heterocycles. The highest BCUT2D eigenvalue weighted by atomic mass is 16.6. The fourth-order valence-corrected chi connectivity index (χ4v) is 4.30. The van der Waals surface area contributed by atoms with Crippen LogP contribution >= 0.6 is 0 Å². The number of hydrogen-bond donors (Lipinski definition) is 2. The van der Waals surface area contributed by atoms with Crippen molar-refractivity contribution in [2.45, 2.75) is 44.7 Å². The third kappa shape index (κ3) is 10.6. The van der Waals surface area contributed by atoms with E-state index in [0.29, 0.717) is 78.0 Å². The number of piperidine rings is 1. The molecule has 1 unspecified atom stereocenters. The first-order valence-electron chi connectivity index (χ1n) is 13.3. The van der Waals surface area contributed by atoms with Gasteiger partial charge in [-0.15, -0.1) is 0 Å². The summed E-state index contributed by atoms with van der Waals surface area (Å²) in [5.74, 6) is -1.74. The molecule has 0 aliphatic carbocycles. The molecule has 216 valence electrons. The molecule has 0 radical (unpaired) electrons. The monoisotopic (exact) mass is 550 g/mol. The fourth-order valence-electron chi connectivity index (χ4n) is 4.30. The van der Waals surface area contributed by atoms with Crippen LogP contribution in [0.15, 0.2) is 18.2 Å². The molecule has 3 rings (SSSR count). The number of benzene rings is 1. The van der Waals surface area contributed by atoms with Gasteiger partial charge in [0.15, 0.2) is 0 Å². The summed E-state index contributed by atoms with van der Waals surface area (Å²) in [4.78, 5) is 48.3. The topological polar surface area (TPSA) is 150 Å². The van der Waals surface area contributed by atoms with Crippen LogP contribution in [0, 0.1) is 0 Å². The van der Waals surface area contributed by atoms with Gasteiger partial charge in [0.2, 0.25) is 11.8 Å². The van der Waals surface area contributed by atoms with Crippen molar-refractivity contribution in [3.63, 3.8) is 0 Å². The maximum Gasteiger partial charge on any atom is 0.305 e. The highest BCUT2D eigenvalue weighted by molar-refractivity contribution is 6.05. The van der Waals surface area contributed by atoms with E-state index in [2.05, 4.69) is 5.32 Å². The van der Waals surface area contributed by atoms with Gasteiger partial charge in [-0.2, -0.15) is 0 Å². The summed E-state index contributed by atoms with van der Waals surface area (Å²) < 4.78 is 27.0. The molecule has 12 heteroatoms.